The van der Waals surface area contributed by atoms with Crippen LogP contribution in [0.5, 0.6) is 5.75 Å². The smallest absolute Gasteiger partial charge is 0.128 e. The molecule has 0 amide bonds. The number of piperazine rings is 1. The van der Waals surface area contributed by atoms with E-state index in [9.17, 15) is 0 Å². The molecule has 27 heavy (non-hydrogen) atoms. The number of H-pyrrole nitrogens is 1. The summed E-state index contributed by atoms with van der Waals surface area (Å²) in [7, 11) is 1.72. The van der Waals surface area contributed by atoms with Crippen LogP contribution in [0, 0.1) is 0 Å². The number of ether oxygens (including phenoxy) is 1. The molecule has 0 spiro atoms. The molecule has 3 heterocycles. The molecular weight excluding hydrogens is 336 g/mol. The fraction of sp³-hybridized carbons (Fsp3) is 0.409. The second-order valence-corrected chi connectivity index (χ2v) is 7.20. The van der Waals surface area contributed by atoms with E-state index < -0.39 is 0 Å². The zero-order chi connectivity index (χ0) is 18.5. The number of rotatable bonds is 7. The first-order chi connectivity index (χ1) is 13.3. The highest BCUT2D eigenvalue weighted by Gasteiger charge is 2.17. The van der Waals surface area contributed by atoms with Gasteiger partial charge in [0.05, 0.1) is 7.11 Å². The first-order valence-corrected chi connectivity index (χ1v) is 9.86. The molecule has 0 bridgehead atoms. The Morgan fingerprint density at radius 1 is 1.07 bits per heavy atom. The van der Waals surface area contributed by atoms with Crippen LogP contribution in [0.15, 0.2) is 48.8 Å². The topological polar surface area (TPSA) is 44.4 Å². The molecule has 1 saturated heterocycles. The van der Waals surface area contributed by atoms with Crippen molar-refractivity contribution in [1.82, 2.24) is 14.9 Å². The Morgan fingerprint density at radius 2 is 1.96 bits per heavy atom. The zero-order valence-corrected chi connectivity index (χ0v) is 16.0. The van der Waals surface area contributed by atoms with Crippen LogP contribution in [0.4, 0.5) is 5.82 Å². The summed E-state index contributed by atoms with van der Waals surface area (Å²) in [5.41, 5.74) is 2.58. The lowest BCUT2D eigenvalue weighted by atomic mass is 10.1. The van der Waals surface area contributed by atoms with Gasteiger partial charge in [-0.3, -0.25) is 4.90 Å². The van der Waals surface area contributed by atoms with Crippen LogP contribution in [0.3, 0.4) is 0 Å². The van der Waals surface area contributed by atoms with Gasteiger partial charge >= 0.3 is 0 Å². The average molecular weight is 364 g/mol. The summed E-state index contributed by atoms with van der Waals surface area (Å²) in [5, 5.41) is 1.29. The number of hydrogen-bond acceptors (Lipinski definition) is 4. The summed E-state index contributed by atoms with van der Waals surface area (Å²) < 4.78 is 5.36. The van der Waals surface area contributed by atoms with Gasteiger partial charge in [0.2, 0.25) is 0 Å². The normalized spacial score (nSPS) is 15.4. The third-order valence-corrected chi connectivity index (χ3v) is 5.49. The van der Waals surface area contributed by atoms with Gasteiger partial charge < -0.3 is 14.6 Å². The molecule has 1 aliphatic rings. The molecular formula is C22H28N4O. The molecule has 0 atom stereocenters. The van der Waals surface area contributed by atoms with Gasteiger partial charge in [0.25, 0.3) is 0 Å². The first kappa shape index (κ1) is 17.9. The second-order valence-electron chi connectivity index (χ2n) is 7.20. The molecule has 5 heteroatoms. The van der Waals surface area contributed by atoms with Gasteiger partial charge in [0.15, 0.2) is 0 Å². The fourth-order valence-corrected chi connectivity index (χ4v) is 3.88. The molecule has 142 valence electrons. The van der Waals surface area contributed by atoms with E-state index in [-0.39, 0.29) is 0 Å². The van der Waals surface area contributed by atoms with Gasteiger partial charge in [0.1, 0.15) is 11.6 Å². The number of unbranched alkanes of at least 4 members (excludes halogenated alkanes) is 1. The number of nitrogens with zero attached hydrogens (tertiary/aromatic N) is 3. The SMILES string of the molecule is COc1ccc2[nH]cc(CCCCN3CCN(c4ccccn4)CC3)c2c1. The molecule has 0 saturated carbocycles. The summed E-state index contributed by atoms with van der Waals surface area (Å²) in [6, 6.07) is 12.4. The van der Waals surface area contributed by atoms with Gasteiger partial charge in [-0.15, -0.1) is 0 Å². The highest BCUT2D eigenvalue weighted by molar-refractivity contribution is 5.84. The van der Waals surface area contributed by atoms with Gasteiger partial charge in [-0.1, -0.05) is 6.07 Å². The number of aryl methyl sites for hydroxylation is 1. The maximum absolute atomic E-state index is 5.36. The van der Waals surface area contributed by atoms with Crippen LogP contribution >= 0.6 is 0 Å². The molecule has 1 fully saturated rings. The minimum Gasteiger partial charge on any atom is -0.497 e. The molecule has 5 nitrogen and oxygen atoms in total. The first-order valence-electron chi connectivity index (χ1n) is 9.86. The van der Waals surface area contributed by atoms with Crippen molar-refractivity contribution in [2.24, 2.45) is 0 Å². The molecule has 1 N–H and O–H groups in total. The van der Waals surface area contributed by atoms with Crippen molar-refractivity contribution in [3.05, 3.63) is 54.4 Å². The summed E-state index contributed by atoms with van der Waals surface area (Å²) in [5.74, 6) is 2.03. The van der Waals surface area contributed by atoms with E-state index in [4.69, 9.17) is 4.74 Å². The van der Waals surface area contributed by atoms with Crippen molar-refractivity contribution in [2.75, 3.05) is 44.7 Å². The van der Waals surface area contributed by atoms with Crippen molar-refractivity contribution in [3.63, 3.8) is 0 Å². The number of aromatic amines is 1. The van der Waals surface area contributed by atoms with Gasteiger partial charge in [-0.05, 0) is 61.7 Å². The Kier molecular flexibility index (Phi) is 5.58. The Hall–Kier alpha value is -2.53. The number of fused-ring (bicyclic) bond motifs is 1. The average Bonchev–Trinajstić information content (AvgIpc) is 3.14. The molecule has 3 aromatic rings. The highest BCUT2D eigenvalue weighted by atomic mass is 16.5. The monoisotopic (exact) mass is 364 g/mol. The number of nitrogens with one attached hydrogen (secondary N) is 1. The lowest BCUT2D eigenvalue weighted by molar-refractivity contribution is 0.252. The van der Waals surface area contributed by atoms with E-state index in [0.717, 1.165) is 44.2 Å². The highest BCUT2D eigenvalue weighted by Crippen LogP contribution is 2.24. The summed E-state index contributed by atoms with van der Waals surface area (Å²) >= 11 is 0. The Morgan fingerprint density at radius 3 is 2.74 bits per heavy atom. The van der Waals surface area contributed by atoms with Crippen molar-refractivity contribution in [2.45, 2.75) is 19.3 Å². The molecule has 0 aliphatic carbocycles. The van der Waals surface area contributed by atoms with Crippen LogP contribution in [0.25, 0.3) is 10.9 Å². The summed E-state index contributed by atoms with van der Waals surface area (Å²) in [6.45, 7) is 5.57. The minimum absolute atomic E-state index is 0.925. The molecule has 2 aromatic heterocycles. The van der Waals surface area contributed by atoms with Crippen molar-refractivity contribution in [1.29, 1.82) is 0 Å². The van der Waals surface area contributed by atoms with E-state index in [1.54, 1.807) is 7.11 Å². The number of methoxy groups -OCH3 is 1. The molecule has 1 aromatic carbocycles. The zero-order valence-electron chi connectivity index (χ0n) is 16.0. The Balaban J connectivity index is 1.22. The quantitative estimate of drug-likeness (QED) is 0.649. The Bertz CT molecular complexity index is 853. The van der Waals surface area contributed by atoms with E-state index in [1.807, 2.05) is 18.3 Å². The molecule has 4 rings (SSSR count). The summed E-state index contributed by atoms with van der Waals surface area (Å²) in [4.78, 5) is 12.8. The van der Waals surface area contributed by atoms with Crippen LogP contribution in [0.1, 0.15) is 18.4 Å². The molecule has 0 radical (unpaired) electrons. The van der Waals surface area contributed by atoms with Crippen molar-refractivity contribution in [3.8, 4) is 5.75 Å². The standard InChI is InChI=1S/C22H28N4O/c1-27-19-8-9-21-20(16-19)18(17-24-21)6-3-5-11-25-12-14-26(15-13-25)22-7-2-4-10-23-22/h2,4,7-10,16-17,24H,3,5-6,11-15H2,1H3. The van der Waals surface area contributed by atoms with Crippen molar-refractivity contribution >= 4 is 16.7 Å². The van der Waals surface area contributed by atoms with E-state index in [0.29, 0.717) is 0 Å². The number of aromatic nitrogens is 2. The number of anilines is 1. The van der Waals surface area contributed by atoms with E-state index in [1.165, 1.54) is 35.9 Å². The minimum atomic E-state index is 0.925. The Labute approximate surface area is 161 Å². The van der Waals surface area contributed by atoms with Gasteiger partial charge in [-0.2, -0.15) is 0 Å². The fourth-order valence-electron chi connectivity index (χ4n) is 3.88. The molecule has 1 aliphatic heterocycles. The van der Waals surface area contributed by atoms with Crippen LogP contribution in [-0.4, -0.2) is 54.7 Å². The predicted octanol–water partition coefficient (Wildman–Crippen LogP) is 3.72. The lowest BCUT2D eigenvalue weighted by Gasteiger charge is -2.35. The van der Waals surface area contributed by atoms with E-state index >= 15 is 0 Å². The maximum atomic E-state index is 5.36. The van der Waals surface area contributed by atoms with Crippen LogP contribution in [-0.2, 0) is 6.42 Å². The van der Waals surface area contributed by atoms with E-state index in [2.05, 4.69) is 50.2 Å². The third kappa shape index (κ3) is 4.25. The second kappa shape index (κ2) is 8.44. The van der Waals surface area contributed by atoms with Gasteiger partial charge in [-0.25, -0.2) is 4.98 Å². The molecule has 0 unspecified atom stereocenters. The van der Waals surface area contributed by atoms with Crippen molar-refractivity contribution < 1.29 is 4.74 Å². The summed E-state index contributed by atoms with van der Waals surface area (Å²) in [6.07, 6.45) is 7.59. The third-order valence-electron chi connectivity index (χ3n) is 5.49. The maximum Gasteiger partial charge on any atom is 0.128 e. The predicted molar refractivity (Wildman–Crippen MR) is 111 cm³/mol. The van der Waals surface area contributed by atoms with Crippen LogP contribution in [0.2, 0.25) is 0 Å². The largest absolute Gasteiger partial charge is 0.497 e. The lowest BCUT2D eigenvalue weighted by Crippen LogP contribution is -2.46. The van der Waals surface area contributed by atoms with Crippen LogP contribution < -0.4 is 9.64 Å². The number of benzene rings is 1. The number of hydrogen-bond donors (Lipinski definition) is 1. The van der Waals surface area contributed by atoms with Gasteiger partial charge in [0, 0.05) is 49.5 Å². The number of pyridine rings is 1.